The zero-order valence-electron chi connectivity index (χ0n) is 14.1. The molecule has 134 valence electrons. The SMILES string of the molecule is Cn1c(=O)ccc2ccc(NC(=O)N3C[C@@H](O)[C@H](n4ccnn4)C3)cc21. The number of hydrogen-bond acceptors (Lipinski definition) is 5. The van der Waals surface area contributed by atoms with Crippen molar-refractivity contribution in [2.75, 3.05) is 18.4 Å². The number of nitrogens with one attached hydrogen (secondary N) is 1. The standard InChI is InChI=1S/C17H18N6O3/c1-21-13-8-12(4-2-11(13)3-5-16(21)25)19-17(26)22-9-14(15(24)10-22)23-7-6-18-20-23/h2-8,14-15,24H,9-10H2,1H3,(H,19,26)/t14-,15-/m1/s1. The predicted molar refractivity (Wildman–Crippen MR) is 94.8 cm³/mol. The number of amides is 2. The second-order valence-corrected chi connectivity index (χ2v) is 6.36. The lowest BCUT2D eigenvalue weighted by molar-refractivity contribution is 0.139. The molecule has 2 atom stereocenters. The number of carbonyl (C=O) groups excluding carboxylic acids is 1. The van der Waals surface area contributed by atoms with E-state index in [9.17, 15) is 14.7 Å². The van der Waals surface area contributed by atoms with E-state index in [1.54, 1.807) is 36.1 Å². The number of β-amino-alcohol motifs (C(OH)–C–C–N with tert-alkyl or cyclic N) is 1. The number of rotatable bonds is 2. The predicted octanol–water partition coefficient (Wildman–Crippen LogP) is 0.580. The number of anilines is 1. The van der Waals surface area contributed by atoms with Gasteiger partial charge in [-0.15, -0.1) is 5.10 Å². The number of hydrogen-bond donors (Lipinski definition) is 2. The number of aliphatic hydroxyl groups excluding tert-OH is 1. The van der Waals surface area contributed by atoms with Crippen LogP contribution in [0.3, 0.4) is 0 Å². The lowest BCUT2D eigenvalue weighted by Crippen LogP contribution is -2.33. The lowest BCUT2D eigenvalue weighted by Gasteiger charge is -2.17. The van der Waals surface area contributed by atoms with Crippen molar-refractivity contribution in [2.45, 2.75) is 12.1 Å². The van der Waals surface area contributed by atoms with Crippen molar-refractivity contribution in [3.63, 3.8) is 0 Å². The Morgan fingerprint density at radius 3 is 2.85 bits per heavy atom. The van der Waals surface area contributed by atoms with Gasteiger partial charge in [0.05, 0.1) is 30.4 Å². The number of aliphatic hydroxyl groups is 1. The molecule has 3 aromatic rings. The minimum Gasteiger partial charge on any atom is -0.389 e. The molecule has 0 bridgehead atoms. The molecular formula is C17H18N6O3. The topological polar surface area (TPSA) is 105 Å². The van der Waals surface area contributed by atoms with E-state index in [-0.39, 0.29) is 24.2 Å². The summed E-state index contributed by atoms with van der Waals surface area (Å²) in [6, 6.07) is 8.02. The van der Waals surface area contributed by atoms with Gasteiger partial charge >= 0.3 is 6.03 Å². The molecule has 0 saturated carbocycles. The van der Waals surface area contributed by atoms with Gasteiger partial charge in [-0.3, -0.25) is 4.79 Å². The van der Waals surface area contributed by atoms with E-state index in [1.807, 2.05) is 6.07 Å². The fourth-order valence-corrected chi connectivity index (χ4v) is 3.24. The highest BCUT2D eigenvalue weighted by Gasteiger charge is 2.35. The maximum absolute atomic E-state index is 12.6. The highest BCUT2D eigenvalue weighted by molar-refractivity contribution is 5.92. The molecule has 1 saturated heterocycles. The first-order valence-corrected chi connectivity index (χ1v) is 8.22. The van der Waals surface area contributed by atoms with Crippen LogP contribution in [0.15, 0.2) is 47.5 Å². The van der Waals surface area contributed by atoms with Crippen molar-refractivity contribution in [3.8, 4) is 0 Å². The molecular weight excluding hydrogens is 336 g/mol. The Balaban J connectivity index is 1.52. The van der Waals surface area contributed by atoms with Crippen LogP contribution < -0.4 is 10.9 Å². The second-order valence-electron chi connectivity index (χ2n) is 6.36. The number of likely N-dealkylation sites (tertiary alicyclic amines) is 1. The van der Waals surface area contributed by atoms with Gasteiger partial charge in [0.2, 0.25) is 0 Å². The summed E-state index contributed by atoms with van der Waals surface area (Å²) in [6.45, 7) is 0.546. The Bertz CT molecular complexity index is 1010. The van der Waals surface area contributed by atoms with Gasteiger partial charge in [-0.05, 0) is 23.6 Å². The Morgan fingerprint density at radius 1 is 1.27 bits per heavy atom. The van der Waals surface area contributed by atoms with Crippen LogP contribution in [-0.4, -0.2) is 54.8 Å². The quantitative estimate of drug-likeness (QED) is 0.700. The number of fused-ring (bicyclic) bond motifs is 1. The number of nitrogens with zero attached hydrogens (tertiary/aromatic N) is 5. The molecule has 0 aliphatic carbocycles. The maximum Gasteiger partial charge on any atom is 0.322 e. The van der Waals surface area contributed by atoms with Gasteiger partial charge in [0, 0.05) is 31.5 Å². The van der Waals surface area contributed by atoms with Crippen LogP contribution in [0.2, 0.25) is 0 Å². The van der Waals surface area contributed by atoms with E-state index in [4.69, 9.17) is 0 Å². The third kappa shape index (κ3) is 2.82. The third-order valence-corrected chi connectivity index (χ3v) is 4.71. The molecule has 9 nitrogen and oxygen atoms in total. The molecule has 1 aliphatic heterocycles. The Kier molecular flexibility index (Phi) is 3.92. The van der Waals surface area contributed by atoms with Gasteiger partial charge in [-0.25, -0.2) is 9.48 Å². The molecule has 2 amide bonds. The van der Waals surface area contributed by atoms with Crippen LogP contribution in [-0.2, 0) is 7.05 Å². The Hall–Kier alpha value is -3.20. The summed E-state index contributed by atoms with van der Waals surface area (Å²) in [7, 11) is 1.69. The van der Waals surface area contributed by atoms with Gasteiger partial charge in [0.15, 0.2) is 0 Å². The minimum absolute atomic E-state index is 0.112. The first-order valence-electron chi connectivity index (χ1n) is 8.22. The second kappa shape index (κ2) is 6.26. The van der Waals surface area contributed by atoms with E-state index in [0.717, 1.165) is 10.9 Å². The Labute approximate surface area is 148 Å². The van der Waals surface area contributed by atoms with Crippen molar-refractivity contribution in [3.05, 3.63) is 53.1 Å². The summed E-state index contributed by atoms with van der Waals surface area (Å²) in [5, 5.41) is 21.6. The van der Waals surface area contributed by atoms with Gasteiger partial charge in [-0.1, -0.05) is 11.3 Å². The van der Waals surface area contributed by atoms with Gasteiger partial charge in [-0.2, -0.15) is 0 Å². The molecule has 1 aromatic carbocycles. The van der Waals surface area contributed by atoms with Crippen molar-refractivity contribution < 1.29 is 9.90 Å². The maximum atomic E-state index is 12.6. The summed E-state index contributed by atoms with van der Waals surface area (Å²) < 4.78 is 3.09. The summed E-state index contributed by atoms with van der Waals surface area (Å²) in [4.78, 5) is 25.9. The summed E-state index contributed by atoms with van der Waals surface area (Å²) >= 11 is 0. The van der Waals surface area contributed by atoms with Crippen molar-refractivity contribution in [1.82, 2.24) is 24.5 Å². The van der Waals surface area contributed by atoms with Gasteiger partial charge in [0.1, 0.15) is 0 Å². The molecule has 26 heavy (non-hydrogen) atoms. The van der Waals surface area contributed by atoms with Crippen LogP contribution in [0, 0.1) is 0 Å². The third-order valence-electron chi connectivity index (χ3n) is 4.71. The van der Waals surface area contributed by atoms with E-state index in [1.165, 1.54) is 21.7 Å². The van der Waals surface area contributed by atoms with Crippen LogP contribution in [0.5, 0.6) is 0 Å². The molecule has 4 rings (SSSR count). The molecule has 2 aromatic heterocycles. The number of benzene rings is 1. The average molecular weight is 354 g/mol. The van der Waals surface area contributed by atoms with E-state index >= 15 is 0 Å². The van der Waals surface area contributed by atoms with Crippen LogP contribution >= 0.6 is 0 Å². The highest BCUT2D eigenvalue weighted by Crippen LogP contribution is 2.23. The smallest absolute Gasteiger partial charge is 0.322 e. The normalized spacial score (nSPS) is 19.8. The summed E-state index contributed by atoms with van der Waals surface area (Å²) in [5.74, 6) is 0. The van der Waals surface area contributed by atoms with Crippen LogP contribution in [0.1, 0.15) is 6.04 Å². The molecule has 3 heterocycles. The van der Waals surface area contributed by atoms with E-state index in [0.29, 0.717) is 12.2 Å². The number of pyridine rings is 1. The average Bonchev–Trinajstić information content (AvgIpc) is 3.28. The first-order chi connectivity index (χ1) is 12.5. The largest absolute Gasteiger partial charge is 0.389 e. The monoisotopic (exact) mass is 354 g/mol. The molecule has 0 unspecified atom stereocenters. The number of aromatic nitrogens is 4. The van der Waals surface area contributed by atoms with Gasteiger partial charge in [0.25, 0.3) is 5.56 Å². The fraction of sp³-hybridized carbons (Fsp3) is 0.294. The number of carbonyl (C=O) groups is 1. The number of urea groups is 1. The molecule has 2 N–H and O–H groups in total. The first kappa shape index (κ1) is 16.3. The fourth-order valence-electron chi connectivity index (χ4n) is 3.24. The number of aryl methyl sites for hydroxylation is 1. The summed E-state index contributed by atoms with van der Waals surface area (Å²) in [5.41, 5.74) is 1.21. The van der Waals surface area contributed by atoms with Crippen molar-refractivity contribution in [2.24, 2.45) is 7.05 Å². The summed E-state index contributed by atoms with van der Waals surface area (Å²) in [6.07, 6.45) is 2.49. The van der Waals surface area contributed by atoms with Crippen LogP contribution in [0.4, 0.5) is 10.5 Å². The molecule has 1 fully saturated rings. The van der Waals surface area contributed by atoms with Crippen LogP contribution in [0.25, 0.3) is 10.9 Å². The van der Waals surface area contributed by atoms with E-state index in [2.05, 4.69) is 15.6 Å². The molecule has 0 spiro atoms. The highest BCUT2D eigenvalue weighted by atomic mass is 16.3. The van der Waals surface area contributed by atoms with Gasteiger partial charge < -0.3 is 19.9 Å². The molecule has 1 aliphatic rings. The Morgan fingerprint density at radius 2 is 2.08 bits per heavy atom. The zero-order valence-corrected chi connectivity index (χ0v) is 14.1. The molecule has 9 heteroatoms. The zero-order chi connectivity index (χ0) is 18.3. The minimum atomic E-state index is -0.708. The van der Waals surface area contributed by atoms with E-state index < -0.39 is 6.10 Å². The lowest BCUT2D eigenvalue weighted by atomic mass is 10.2. The molecule has 0 radical (unpaired) electrons. The van der Waals surface area contributed by atoms with Crippen molar-refractivity contribution in [1.29, 1.82) is 0 Å². The van der Waals surface area contributed by atoms with Crippen molar-refractivity contribution >= 4 is 22.6 Å².